The van der Waals surface area contributed by atoms with Crippen molar-refractivity contribution in [1.29, 1.82) is 0 Å². The number of ether oxygens (including phenoxy) is 1. The molecule has 2 heterocycles. The van der Waals surface area contributed by atoms with Gasteiger partial charge in [-0.15, -0.1) is 0 Å². The zero-order chi connectivity index (χ0) is 9.42. The molecule has 4 unspecified atom stereocenters. The van der Waals surface area contributed by atoms with Crippen LogP contribution in [0.1, 0.15) is 6.42 Å². The third kappa shape index (κ3) is 2.00. The van der Waals surface area contributed by atoms with Gasteiger partial charge in [-0.05, 0) is 0 Å². The molecule has 0 aromatic heterocycles. The number of hydrogen-bond acceptors (Lipinski definition) is 2. The van der Waals surface area contributed by atoms with Crippen molar-refractivity contribution in [3.05, 3.63) is 0 Å². The summed E-state index contributed by atoms with van der Waals surface area (Å²) in [6, 6.07) is 0. The first kappa shape index (κ1) is 10.5. The molecule has 2 aliphatic heterocycles. The summed E-state index contributed by atoms with van der Waals surface area (Å²) in [4.78, 5) is 12.3. The summed E-state index contributed by atoms with van der Waals surface area (Å²) in [5, 5.41) is 1.36. The Bertz CT molecular complexity index is 224. The Labute approximate surface area is 99.0 Å². The molecule has 0 aliphatic carbocycles. The van der Waals surface area contributed by atoms with Crippen LogP contribution in [-0.4, -0.2) is 47.8 Å². The van der Waals surface area contributed by atoms with E-state index in [1.54, 1.807) is 0 Å². The van der Waals surface area contributed by atoms with Crippen molar-refractivity contribution in [2.75, 3.05) is 7.11 Å². The number of rotatable bonds is 1. The first-order valence-corrected chi connectivity index (χ1v) is 9.30. The van der Waals surface area contributed by atoms with E-state index in [1.807, 2.05) is 0 Å². The topological polar surface area (TPSA) is 26.3 Å². The molecular weight excluding hydrogens is 366 g/mol. The minimum absolute atomic E-state index is 0.0323. The Balaban J connectivity index is 1.98. The van der Waals surface area contributed by atoms with E-state index >= 15 is 0 Å². The van der Waals surface area contributed by atoms with E-state index in [2.05, 4.69) is 15.9 Å². The maximum absolute atomic E-state index is 11.3. The van der Waals surface area contributed by atoms with Gasteiger partial charge in [-0.3, -0.25) is 0 Å². The predicted octanol–water partition coefficient (Wildman–Crippen LogP) is 1.32. The summed E-state index contributed by atoms with van der Waals surface area (Å²) < 4.78 is 5.70. The van der Waals surface area contributed by atoms with E-state index in [4.69, 9.17) is 4.74 Å². The van der Waals surface area contributed by atoms with E-state index in [1.165, 1.54) is 12.4 Å². The fourth-order valence-electron chi connectivity index (χ4n) is 1.75. The number of alkyl halides is 1. The van der Waals surface area contributed by atoms with Crippen LogP contribution in [0.3, 0.4) is 0 Å². The van der Waals surface area contributed by atoms with Gasteiger partial charge in [-0.25, -0.2) is 0 Å². The van der Waals surface area contributed by atoms with Crippen molar-refractivity contribution in [3.63, 3.8) is 0 Å². The van der Waals surface area contributed by atoms with Gasteiger partial charge >= 0.3 is 99.5 Å². The molecule has 74 valence electrons. The van der Waals surface area contributed by atoms with Crippen molar-refractivity contribution in [1.82, 2.24) is 0 Å². The Morgan fingerprint density at radius 3 is 3.00 bits per heavy atom. The molecule has 5 heteroatoms. The molecule has 2 rings (SSSR count). The van der Waals surface area contributed by atoms with Crippen molar-refractivity contribution in [2.24, 2.45) is 5.92 Å². The van der Waals surface area contributed by atoms with Crippen LogP contribution >= 0.6 is 15.9 Å². The SMILES string of the molecule is COC(=O)C1CC2C(Br)C[Se]C2[Se]1. The summed E-state index contributed by atoms with van der Waals surface area (Å²) in [7, 11) is 1.50. The molecule has 0 amide bonds. The maximum atomic E-state index is 11.3. The minimum atomic E-state index is 0.0323. The summed E-state index contributed by atoms with van der Waals surface area (Å²) in [5.74, 6) is 0.814. The molecule has 0 spiro atoms. The number of esters is 1. The van der Waals surface area contributed by atoms with Gasteiger partial charge in [0.25, 0.3) is 0 Å². The third-order valence-corrected chi connectivity index (χ3v) is 12.5. The molecule has 2 saturated heterocycles. The van der Waals surface area contributed by atoms with Crippen LogP contribution in [-0.2, 0) is 9.53 Å². The molecule has 4 atom stereocenters. The molecule has 0 radical (unpaired) electrons. The Morgan fingerprint density at radius 2 is 2.38 bits per heavy atom. The molecule has 0 aromatic rings. The van der Waals surface area contributed by atoms with Crippen LogP contribution in [0, 0.1) is 5.92 Å². The second-order valence-electron chi connectivity index (χ2n) is 3.27. The molecule has 2 nitrogen and oxygen atoms in total. The predicted molar refractivity (Wildman–Crippen MR) is 56.7 cm³/mol. The zero-order valence-electron chi connectivity index (χ0n) is 7.23. The van der Waals surface area contributed by atoms with E-state index in [9.17, 15) is 4.79 Å². The van der Waals surface area contributed by atoms with E-state index in [-0.39, 0.29) is 10.8 Å². The average Bonchev–Trinajstić information content (AvgIpc) is 2.67. The second kappa shape index (κ2) is 4.24. The zero-order valence-corrected chi connectivity index (χ0v) is 12.2. The number of carbonyl (C=O) groups excluding carboxylic acids is 1. The van der Waals surface area contributed by atoms with Gasteiger partial charge in [-0.2, -0.15) is 0 Å². The van der Waals surface area contributed by atoms with Crippen molar-refractivity contribution >= 4 is 51.8 Å². The summed E-state index contributed by atoms with van der Waals surface area (Å²) >= 11 is 5.01. The average molecular weight is 377 g/mol. The number of hydrogen-bond donors (Lipinski definition) is 0. The quantitative estimate of drug-likeness (QED) is 0.392. The first-order valence-electron chi connectivity index (χ1n) is 4.21. The Morgan fingerprint density at radius 1 is 1.62 bits per heavy atom. The normalized spacial score (nSPS) is 43.2. The van der Waals surface area contributed by atoms with Crippen molar-refractivity contribution < 1.29 is 9.53 Å². The third-order valence-electron chi connectivity index (χ3n) is 2.48. The van der Waals surface area contributed by atoms with Crippen LogP contribution in [0.4, 0.5) is 0 Å². The number of methoxy groups -OCH3 is 1. The summed E-state index contributed by atoms with van der Waals surface area (Å²) in [5.41, 5.74) is 0. The van der Waals surface area contributed by atoms with Crippen molar-refractivity contribution in [2.45, 2.75) is 25.1 Å². The van der Waals surface area contributed by atoms with Crippen LogP contribution < -0.4 is 0 Å². The van der Waals surface area contributed by atoms with E-state index in [0.717, 1.165) is 31.0 Å². The Kier molecular flexibility index (Phi) is 3.42. The molecule has 13 heavy (non-hydrogen) atoms. The summed E-state index contributed by atoms with van der Waals surface area (Å²) in [6.07, 6.45) is 1.08. The number of halogens is 1. The second-order valence-corrected chi connectivity index (χ2v) is 11.2. The van der Waals surface area contributed by atoms with Gasteiger partial charge in [0, 0.05) is 0 Å². The van der Waals surface area contributed by atoms with Gasteiger partial charge < -0.3 is 0 Å². The Hall–Kier alpha value is 0.989. The van der Waals surface area contributed by atoms with E-state index < -0.39 is 0 Å². The first-order chi connectivity index (χ1) is 6.22. The monoisotopic (exact) mass is 378 g/mol. The van der Waals surface area contributed by atoms with Gasteiger partial charge in [0.1, 0.15) is 0 Å². The molecule has 2 fully saturated rings. The van der Waals surface area contributed by atoms with Gasteiger partial charge in [0.15, 0.2) is 0 Å². The van der Waals surface area contributed by atoms with Crippen molar-refractivity contribution in [3.8, 4) is 0 Å². The van der Waals surface area contributed by atoms with Gasteiger partial charge in [0.2, 0.25) is 0 Å². The standard InChI is InChI=1S/C8H11BrO2Se2/c1-11-7(10)6-2-4-5(9)3-12-8(4)13-6/h4-6,8H,2-3H2,1H3. The van der Waals surface area contributed by atoms with Crippen LogP contribution in [0.25, 0.3) is 0 Å². The molecule has 0 bridgehead atoms. The van der Waals surface area contributed by atoms with Gasteiger partial charge in [0.05, 0.1) is 0 Å². The molecule has 0 aromatic carbocycles. The summed E-state index contributed by atoms with van der Waals surface area (Å²) in [6.45, 7) is 0. The van der Waals surface area contributed by atoms with E-state index in [0.29, 0.717) is 19.8 Å². The molecule has 2 aliphatic rings. The van der Waals surface area contributed by atoms with Crippen LogP contribution in [0.2, 0.25) is 13.9 Å². The molecule has 0 saturated carbocycles. The molecule has 0 N–H and O–H groups in total. The number of fused-ring (bicyclic) bond motifs is 1. The van der Waals surface area contributed by atoms with Crippen LogP contribution in [0.15, 0.2) is 0 Å². The fourth-order valence-corrected chi connectivity index (χ4v) is 12.6. The number of carbonyl (C=O) groups is 1. The van der Waals surface area contributed by atoms with Crippen LogP contribution in [0.5, 0.6) is 0 Å². The fraction of sp³-hybridized carbons (Fsp3) is 0.875. The molecular formula is C8H11BrO2Se2. The van der Waals surface area contributed by atoms with Gasteiger partial charge in [-0.1, -0.05) is 0 Å².